The van der Waals surface area contributed by atoms with E-state index in [0.717, 1.165) is 21.5 Å². The van der Waals surface area contributed by atoms with Gasteiger partial charge in [-0.1, -0.05) is 23.9 Å². The molecule has 0 bridgehead atoms. The zero-order chi connectivity index (χ0) is 13.1. The Kier molecular flexibility index (Phi) is 3.87. The molecule has 0 unspecified atom stereocenters. The first-order valence-corrected chi connectivity index (χ1v) is 6.66. The van der Waals surface area contributed by atoms with E-state index in [4.69, 9.17) is 0 Å². The summed E-state index contributed by atoms with van der Waals surface area (Å²) in [6, 6.07) is 8.29. The summed E-state index contributed by atoms with van der Waals surface area (Å²) < 4.78 is 4.63. The second-order valence-electron chi connectivity index (χ2n) is 4.17. The smallest absolute Gasteiger partial charge is 0.316 e. The molecule has 1 heterocycles. The molecule has 94 valence electrons. The topological polar surface area (TPSA) is 39.2 Å². The monoisotopic (exact) mass is 261 g/mol. The summed E-state index contributed by atoms with van der Waals surface area (Å²) >= 11 is 1.41. The number of benzene rings is 1. The van der Waals surface area contributed by atoms with Gasteiger partial charge in [-0.25, -0.2) is 4.98 Å². The lowest BCUT2D eigenvalue weighted by Crippen LogP contribution is -2.03. The fraction of sp³-hybridized carbons (Fsp3) is 0.286. The SMILES string of the molecule is COC(=O)CSc1nc2cc(C)ccc2cc1C. The first-order chi connectivity index (χ1) is 8.60. The molecule has 2 aromatic rings. The van der Waals surface area contributed by atoms with E-state index in [1.165, 1.54) is 24.4 Å². The Hall–Kier alpha value is -1.55. The van der Waals surface area contributed by atoms with Crippen LogP contribution in [-0.2, 0) is 9.53 Å². The zero-order valence-electron chi connectivity index (χ0n) is 10.7. The lowest BCUT2D eigenvalue weighted by molar-refractivity contribution is -0.137. The van der Waals surface area contributed by atoms with Crippen molar-refractivity contribution < 1.29 is 9.53 Å². The molecule has 0 N–H and O–H groups in total. The van der Waals surface area contributed by atoms with Gasteiger partial charge >= 0.3 is 5.97 Å². The number of rotatable bonds is 3. The molecule has 0 saturated heterocycles. The van der Waals surface area contributed by atoms with Crippen molar-refractivity contribution in [3.05, 3.63) is 35.4 Å². The number of pyridine rings is 1. The average molecular weight is 261 g/mol. The van der Waals surface area contributed by atoms with Gasteiger partial charge < -0.3 is 4.74 Å². The highest BCUT2D eigenvalue weighted by Crippen LogP contribution is 2.24. The van der Waals surface area contributed by atoms with Gasteiger partial charge in [0.2, 0.25) is 0 Å². The van der Waals surface area contributed by atoms with Crippen LogP contribution in [0.2, 0.25) is 0 Å². The van der Waals surface area contributed by atoms with E-state index in [1.54, 1.807) is 0 Å². The molecule has 0 saturated carbocycles. The first kappa shape index (κ1) is 12.9. The van der Waals surface area contributed by atoms with Crippen molar-refractivity contribution in [2.75, 3.05) is 12.9 Å². The molecular weight excluding hydrogens is 246 g/mol. The van der Waals surface area contributed by atoms with E-state index in [0.29, 0.717) is 5.75 Å². The second kappa shape index (κ2) is 5.40. The molecule has 0 amide bonds. The summed E-state index contributed by atoms with van der Waals surface area (Å²) in [5, 5.41) is 2.01. The second-order valence-corrected chi connectivity index (χ2v) is 5.14. The molecular formula is C14H15NO2S. The van der Waals surface area contributed by atoms with Gasteiger partial charge in [0.1, 0.15) is 5.03 Å². The van der Waals surface area contributed by atoms with Crippen LogP contribution in [0, 0.1) is 13.8 Å². The molecule has 1 aromatic heterocycles. The summed E-state index contributed by atoms with van der Waals surface area (Å²) in [6.07, 6.45) is 0. The molecule has 0 aliphatic carbocycles. The normalized spacial score (nSPS) is 10.6. The quantitative estimate of drug-likeness (QED) is 0.628. The Balaban J connectivity index is 2.32. The Labute approximate surface area is 111 Å². The van der Waals surface area contributed by atoms with E-state index < -0.39 is 0 Å². The third-order valence-electron chi connectivity index (χ3n) is 2.67. The van der Waals surface area contributed by atoms with Gasteiger partial charge in [0.05, 0.1) is 18.4 Å². The minimum Gasteiger partial charge on any atom is -0.468 e. The average Bonchev–Trinajstić information content (AvgIpc) is 2.36. The van der Waals surface area contributed by atoms with Crippen LogP contribution in [0.4, 0.5) is 0 Å². The molecule has 0 aliphatic heterocycles. The van der Waals surface area contributed by atoms with Gasteiger partial charge in [0, 0.05) is 5.39 Å². The maximum atomic E-state index is 11.1. The number of esters is 1. The first-order valence-electron chi connectivity index (χ1n) is 5.68. The maximum Gasteiger partial charge on any atom is 0.316 e. The fourth-order valence-electron chi connectivity index (χ4n) is 1.70. The number of aryl methyl sites for hydroxylation is 2. The Morgan fingerprint density at radius 3 is 2.83 bits per heavy atom. The van der Waals surface area contributed by atoms with E-state index in [-0.39, 0.29) is 5.97 Å². The largest absolute Gasteiger partial charge is 0.468 e. The highest BCUT2D eigenvalue weighted by atomic mass is 32.2. The Morgan fingerprint density at radius 1 is 1.33 bits per heavy atom. The van der Waals surface area contributed by atoms with Crippen molar-refractivity contribution in [2.24, 2.45) is 0 Å². The van der Waals surface area contributed by atoms with E-state index in [9.17, 15) is 4.79 Å². The summed E-state index contributed by atoms with van der Waals surface area (Å²) in [6.45, 7) is 4.05. The highest BCUT2D eigenvalue weighted by molar-refractivity contribution is 7.99. The van der Waals surface area contributed by atoms with Gasteiger partial charge in [-0.2, -0.15) is 0 Å². The van der Waals surface area contributed by atoms with Crippen molar-refractivity contribution in [2.45, 2.75) is 18.9 Å². The summed E-state index contributed by atoms with van der Waals surface area (Å²) in [5.74, 6) is 0.0623. The molecule has 3 nitrogen and oxygen atoms in total. The summed E-state index contributed by atoms with van der Waals surface area (Å²) in [5.41, 5.74) is 3.23. The summed E-state index contributed by atoms with van der Waals surface area (Å²) in [7, 11) is 1.40. The van der Waals surface area contributed by atoms with Crippen LogP contribution in [0.25, 0.3) is 10.9 Å². The molecule has 0 fully saturated rings. The number of nitrogens with zero attached hydrogens (tertiary/aromatic N) is 1. The van der Waals surface area contributed by atoms with Gasteiger partial charge in [0.25, 0.3) is 0 Å². The number of hydrogen-bond acceptors (Lipinski definition) is 4. The standard InChI is InChI=1S/C14H15NO2S/c1-9-4-5-11-7-10(2)14(15-12(11)6-9)18-8-13(16)17-3/h4-7H,8H2,1-3H3. The predicted octanol–water partition coefficient (Wildman–Crippen LogP) is 3.12. The third kappa shape index (κ3) is 2.82. The van der Waals surface area contributed by atoms with Crippen molar-refractivity contribution in [3.8, 4) is 0 Å². The van der Waals surface area contributed by atoms with Crippen LogP contribution in [0.3, 0.4) is 0 Å². The molecule has 18 heavy (non-hydrogen) atoms. The van der Waals surface area contributed by atoms with Crippen LogP contribution >= 0.6 is 11.8 Å². The minimum absolute atomic E-state index is 0.231. The lowest BCUT2D eigenvalue weighted by Gasteiger charge is -2.07. The fourth-order valence-corrected chi connectivity index (χ4v) is 2.52. The van der Waals surface area contributed by atoms with Crippen LogP contribution in [0.5, 0.6) is 0 Å². The van der Waals surface area contributed by atoms with Crippen LogP contribution < -0.4 is 0 Å². The van der Waals surface area contributed by atoms with Crippen molar-refractivity contribution in [3.63, 3.8) is 0 Å². The van der Waals surface area contributed by atoms with Crippen LogP contribution in [0.1, 0.15) is 11.1 Å². The Morgan fingerprint density at radius 2 is 2.11 bits per heavy atom. The lowest BCUT2D eigenvalue weighted by atomic mass is 10.1. The number of ether oxygens (including phenoxy) is 1. The van der Waals surface area contributed by atoms with E-state index in [2.05, 4.69) is 34.0 Å². The van der Waals surface area contributed by atoms with Crippen molar-refractivity contribution >= 4 is 28.6 Å². The van der Waals surface area contributed by atoms with Crippen molar-refractivity contribution in [1.29, 1.82) is 0 Å². The van der Waals surface area contributed by atoms with Gasteiger partial charge in [-0.3, -0.25) is 4.79 Å². The molecule has 0 radical (unpaired) electrons. The number of thioether (sulfide) groups is 1. The Bertz CT molecular complexity index is 596. The number of aromatic nitrogens is 1. The highest BCUT2D eigenvalue weighted by Gasteiger charge is 2.07. The predicted molar refractivity (Wildman–Crippen MR) is 74.0 cm³/mol. The number of hydrogen-bond donors (Lipinski definition) is 0. The summed E-state index contributed by atoms with van der Waals surface area (Å²) in [4.78, 5) is 15.7. The van der Waals surface area contributed by atoms with Crippen molar-refractivity contribution in [1.82, 2.24) is 4.98 Å². The third-order valence-corrected chi connectivity index (χ3v) is 3.74. The molecule has 0 atom stereocenters. The molecule has 2 rings (SSSR count). The number of carbonyl (C=O) groups excluding carboxylic acids is 1. The number of carbonyl (C=O) groups is 1. The zero-order valence-corrected chi connectivity index (χ0v) is 11.5. The van der Waals surface area contributed by atoms with Crippen LogP contribution in [-0.4, -0.2) is 23.8 Å². The minimum atomic E-state index is -0.231. The molecule has 4 heteroatoms. The van der Waals surface area contributed by atoms with Crippen LogP contribution in [0.15, 0.2) is 29.3 Å². The molecule has 0 spiro atoms. The molecule has 0 aliphatic rings. The van der Waals surface area contributed by atoms with E-state index >= 15 is 0 Å². The van der Waals surface area contributed by atoms with E-state index in [1.807, 2.05) is 13.8 Å². The number of methoxy groups -OCH3 is 1. The molecule has 1 aromatic carbocycles. The van der Waals surface area contributed by atoms with Gasteiger partial charge in [0.15, 0.2) is 0 Å². The number of fused-ring (bicyclic) bond motifs is 1. The maximum absolute atomic E-state index is 11.1. The van der Waals surface area contributed by atoms with Gasteiger partial charge in [-0.05, 0) is 37.1 Å². The van der Waals surface area contributed by atoms with Gasteiger partial charge in [-0.15, -0.1) is 0 Å².